The minimum Gasteiger partial charge on any atom is -0.496 e. The molecule has 2 aromatic rings. The van der Waals surface area contributed by atoms with Crippen molar-refractivity contribution in [3.05, 3.63) is 48.0 Å². The van der Waals surface area contributed by atoms with Crippen molar-refractivity contribution >= 4 is 15.9 Å². The molecular weight excluding hydrogens is 308 g/mol. The summed E-state index contributed by atoms with van der Waals surface area (Å²) < 4.78 is 16.2. The molecule has 0 fully saturated rings. The molecule has 0 unspecified atom stereocenters. The molecule has 0 aromatic heterocycles. The first-order valence-electron chi connectivity index (χ1n) is 5.81. The van der Waals surface area contributed by atoms with Gasteiger partial charge in [0, 0.05) is 23.5 Å². The second kappa shape index (κ2) is 6.48. The molecule has 0 heterocycles. The number of rotatable bonds is 5. The van der Waals surface area contributed by atoms with Crippen LogP contribution in [0.4, 0.5) is 0 Å². The lowest BCUT2D eigenvalue weighted by molar-refractivity contribution is 0.386. The van der Waals surface area contributed by atoms with Crippen molar-refractivity contribution in [3.63, 3.8) is 0 Å². The molecule has 0 aliphatic heterocycles. The van der Waals surface area contributed by atoms with Crippen LogP contribution in [0.3, 0.4) is 0 Å². The molecule has 0 amide bonds. The second-order valence-corrected chi connectivity index (χ2v) is 4.49. The van der Waals surface area contributed by atoms with E-state index in [0.29, 0.717) is 17.2 Å². The third-order valence-corrected chi connectivity index (χ3v) is 3.29. The summed E-state index contributed by atoms with van der Waals surface area (Å²) in [5.41, 5.74) is 1.20. The molecule has 0 aliphatic carbocycles. The first-order valence-corrected chi connectivity index (χ1v) is 6.93. The third kappa shape index (κ3) is 3.64. The predicted molar refractivity (Wildman–Crippen MR) is 78.7 cm³/mol. The average molecular weight is 323 g/mol. The molecule has 19 heavy (non-hydrogen) atoms. The fourth-order valence-electron chi connectivity index (χ4n) is 1.62. The van der Waals surface area contributed by atoms with Crippen LogP contribution in [0.1, 0.15) is 5.56 Å². The van der Waals surface area contributed by atoms with Crippen LogP contribution in [0.2, 0.25) is 0 Å². The lowest BCUT2D eigenvalue weighted by Crippen LogP contribution is -1.90. The Morgan fingerprint density at radius 1 is 0.789 bits per heavy atom. The molecule has 2 aromatic carbocycles. The maximum atomic E-state index is 5.79. The summed E-state index contributed by atoms with van der Waals surface area (Å²) in [5.74, 6) is 2.86. The van der Waals surface area contributed by atoms with Crippen LogP contribution in [0.25, 0.3) is 0 Å². The van der Waals surface area contributed by atoms with E-state index in [9.17, 15) is 0 Å². The zero-order valence-corrected chi connectivity index (χ0v) is 12.4. The van der Waals surface area contributed by atoms with E-state index in [2.05, 4.69) is 15.9 Å². The molecule has 0 radical (unpaired) electrons. The summed E-state index contributed by atoms with van der Waals surface area (Å²) in [6.45, 7) is 0. The molecule has 0 spiro atoms. The van der Waals surface area contributed by atoms with Gasteiger partial charge in [0.15, 0.2) is 0 Å². The Labute approximate surface area is 121 Å². The number of alkyl halides is 1. The van der Waals surface area contributed by atoms with Gasteiger partial charge in [0.25, 0.3) is 0 Å². The highest BCUT2D eigenvalue weighted by Crippen LogP contribution is 2.30. The zero-order valence-electron chi connectivity index (χ0n) is 10.9. The Hall–Kier alpha value is -1.68. The van der Waals surface area contributed by atoms with Crippen molar-refractivity contribution < 1.29 is 14.2 Å². The third-order valence-electron chi connectivity index (χ3n) is 2.64. The number of hydrogen-bond acceptors (Lipinski definition) is 3. The fraction of sp³-hybridized carbons (Fsp3) is 0.200. The van der Waals surface area contributed by atoms with Gasteiger partial charge in [0.05, 0.1) is 14.2 Å². The monoisotopic (exact) mass is 322 g/mol. The highest BCUT2D eigenvalue weighted by molar-refractivity contribution is 9.08. The molecule has 0 atom stereocenters. The van der Waals surface area contributed by atoms with E-state index >= 15 is 0 Å². The molecule has 0 aliphatic rings. The van der Waals surface area contributed by atoms with Crippen LogP contribution >= 0.6 is 15.9 Å². The quantitative estimate of drug-likeness (QED) is 0.764. The van der Waals surface area contributed by atoms with Crippen molar-refractivity contribution in [2.45, 2.75) is 5.33 Å². The van der Waals surface area contributed by atoms with E-state index in [1.807, 2.05) is 36.4 Å². The van der Waals surface area contributed by atoms with Crippen LogP contribution in [-0.4, -0.2) is 14.2 Å². The summed E-state index contributed by atoms with van der Waals surface area (Å²) in [5, 5.41) is 0.834. The summed E-state index contributed by atoms with van der Waals surface area (Å²) in [6, 6.07) is 13.3. The Morgan fingerprint density at radius 3 is 1.79 bits per heavy atom. The number of methoxy groups -OCH3 is 2. The van der Waals surface area contributed by atoms with Crippen molar-refractivity contribution in [1.29, 1.82) is 0 Å². The van der Waals surface area contributed by atoms with E-state index in [-0.39, 0.29) is 0 Å². The average Bonchev–Trinajstić information content (AvgIpc) is 2.47. The second-order valence-electron chi connectivity index (χ2n) is 3.93. The maximum Gasteiger partial charge on any atom is 0.134 e. The minimum absolute atomic E-state index is 0.683. The Balaban J connectivity index is 2.21. The van der Waals surface area contributed by atoms with Gasteiger partial charge in [-0.3, -0.25) is 0 Å². The van der Waals surface area contributed by atoms with Gasteiger partial charge in [-0.25, -0.2) is 0 Å². The van der Waals surface area contributed by atoms with E-state index in [0.717, 1.165) is 11.1 Å². The summed E-state index contributed by atoms with van der Waals surface area (Å²) in [7, 11) is 3.23. The van der Waals surface area contributed by atoms with Gasteiger partial charge in [0.2, 0.25) is 0 Å². The van der Waals surface area contributed by atoms with Crippen LogP contribution in [0.15, 0.2) is 42.5 Å². The molecule has 0 N–H and O–H groups in total. The predicted octanol–water partition coefficient (Wildman–Crippen LogP) is 4.39. The van der Waals surface area contributed by atoms with Crippen LogP contribution < -0.4 is 14.2 Å². The number of hydrogen-bond donors (Lipinski definition) is 0. The molecule has 100 valence electrons. The standard InChI is InChI=1S/C15H15BrO3/c1-17-13-7-14(18-2)9-15(8-13)19-12-5-3-11(10-16)4-6-12/h3-9H,10H2,1-2H3. The maximum absolute atomic E-state index is 5.79. The van der Waals surface area contributed by atoms with Crippen molar-refractivity contribution in [2.24, 2.45) is 0 Å². The zero-order chi connectivity index (χ0) is 13.7. The Bertz CT molecular complexity index is 515. The van der Waals surface area contributed by atoms with Crippen LogP contribution in [0, 0.1) is 0 Å². The Morgan fingerprint density at radius 2 is 1.32 bits per heavy atom. The lowest BCUT2D eigenvalue weighted by atomic mass is 10.2. The molecule has 0 bridgehead atoms. The topological polar surface area (TPSA) is 27.7 Å². The van der Waals surface area contributed by atoms with Crippen molar-refractivity contribution in [3.8, 4) is 23.0 Å². The lowest BCUT2D eigenvalue weighted by Gasteiger charge is -2.10. The summed E-state index contributed by atoms with van der Waals surface area (Å²) in [6.07, 6.45) is 0. The summed E-state index contributed by atoms with van der Waals surface area (Å²) >= 11 is 3.41. The van der Waals surface area contributed by atoms with Gasteiger partial charge >= 0.3 is 0 Å². The Kier molecular flexibility index (Phi) is 4.68. The molecule has 4 heteroatoms. The highest BCUT2D eigenvalue weighted by Gasteiger charge is 2.04. The molecule has 3 nitrogen and oxygen atoms in total. The van der Waals surface area contributed by atoms with Gasteiger partial charge in [-0.1, -0.05) is 28.1 Å². The summed E-state index contributed by atoms with van der Waals surface area (Å²) in [4.78, 5) is 0. The van der Waals surface area contributed by atoms with E-state index in [4.69, 9.17) is 14.2 Å². The van der Waals surface area contributed by atoms with E-state index in [1.54, 1.807) is 20.3 Å². The first-order chi connectivity index (χ1) is 9.25. The van der Waals surface area contributed by atoms with Crippen molar-refractivity contribution in [1.82, 2.24) is 0 Å². The minimum atomic E-state index is 0.683. The van der Waals surface area contributed by atoms with Gasteiger partial charge in [-0.2, -0.15) is 0 Å². The van der Waals surface area contributed by atoms with Gasteiger partial charge in [0.1, 0.15) is 23.0 Å². The SMILES string of the molecule is COc1cc(OC)cc(Oc2ccc(CBr)cc2)c1. The number of halogens is 1. The number of benzene rings is 2. The molecule has 0 saturated heterocycles. The largest absolute Gasteiger partial charge is 0.496 e. The fourth-order valence-corrected chi connectivity index (χ4v) is 2.00. The van der Waals surface area contributed by atoms with E-state index in [1.165, 1.54) is 5.56 Å². The highest BCUT2D eigenvalue weighted by atomic mass is 79.9. The first kappa shape index (κ1) is 13.7. The normalized spacial score (nSPS) is 10.1. The van der Waals surface area contributed by atoms with Gasteiger partial charge in [-0.15, -0.1) is 0 Å². The smallest absolute Gasteiger partial charge is 0.134 e. The van der Waals surface area contributed by atoms with Crippen LogP contribution in [0.5, 0.6) is 23.0 Å². The van der Waals surface area contributed by atoms with Crippen molar-refractivity contribution in [2.75, 3.05) is 14.2 Å². The molecule has 2 rings (SSSR count). The van der Waals surface area contributed by atoms with E-state index < -0.39 is 0 Å². The molecular formula is C15H15BrO3. The van der Waals surface area contributed by atoms with Gasteiger partial charge < -0.3 is 14.2 Å². The van der Waals surface area contributed by atoms with Crippen LogP contribution in [-0.2, 0) is 5.33 Å². The van der Waals surface area contributed by atoms with Gasteiger partial charge in [-0.05, 0) is 17.7 Å². The molecule has 0 saturated carbocycles. The number of ether oxygens (including phenoxy) is 3.